The summed E-state index contributed by atoms with van der Waals surface area (Å²) in [7, 11) is 3.35. The van der Waals surface area contributed by atoms with Crippen LogP contribution < -0.4 is 5.32 Å². The number of hydrogen-bond donors (Lipinski definition) is 1. The molecule has 70 valence electrons. The van der Waals surface area contributed by atoms with Crippen LogP contribution in [0.3, 0.4) is 0 Å². The monoisotopic (exact) mass is 243 g/mol. The Morgan fingerprint density at radius 1 is 1.62 bits per heavy atom. The highest BCUT2D eigenvalue weighted by molar-refractivity contribution is 9.10. The smallest absolute Gasteiger partial charge is 0.322 e. The zero-order valence-corrected chi connectivity index (χ0v) is 9.00. The molecule has 0 spiro atoms. The summed E-state index contributed by atoms with van der Waals surface area (Å²) in [5, 5.41) is 2.64. The van der Waals surface area contributed by atoms with Crippen molar-refractivity contribution in [2.24, 2.45) is 0 Å². The normalized spacial score (nSPS) is 9.46. The van der Waals surface area contributed by atoms with Gasteiger partial charge in [-0.1, -0.05) is 0 Å². The molecule has 0 fully saturated rings. The quantitative estimate of drug-likeness (QED) is 0.820. The maximum absolute atomic E-state index is 11.2. The first-order chi connectivity index (χ1) is 6.11. The Balaban J connectivity index is 2.75. The van der Waals surface area contributed by atoms with Crippen molar-refractivity contribution < 1.29 is 4.79 Å². The summed E-state index contributed by atoms with van der Waals surface area (Å²) in [6.45, 7) is 0. The van der Waals surface area contributed by atoms with Gasteiger partial charge in [0, 0.05) is 20.3 Å². The third kappa shape index (κ3) is 2.69. The molecule has 1 aromatic rings. The molecule has 0 saturated heterocycles. The highest BCUT2D eigenvalue weighted by atomic mass is 79.9. The zero-order chi connectivity index (χ0) is 9.84. The molecule has 0 aliphatic rings. The third-order valence-corrected chi connectivity index (χ3v) is 2.03. The number of hydrogen-bond acceptors (Lipinski definition) is 2. The van der Waals surface area contributed by atoms with Crippen molar-refractivity contribution in [2.75, 3.05) is 19.4 Å². The number of aromatic nitrogens is 1. The van der Waals surface area contributed by atoms with E-state index in [1.165, 1.54) is 4.90 Å². The lowest BCUT2D eigenvalue weighted by atomic mass is 10.5. The van der Waals surface area contributed by atoms with E-state index in [0.717, 1.165) is 4.47 Å². The van der Waals surface area contributed by atoms with Crippen LogP contribution in [0, 0.1) is 0 Å². The summed E-state index contributed by atoms with van der Waals surface area (Å²) in [5.74, 6) is 0.529. The molecule has 0 saturated carbocycles. The molecule has 1 N–H and O–H groups in total. The molecule has 0 aromatic carbocycles. The molecular weight excluding hydrogens is 234 g/mol. The van der Waals surface area contributed by atoms with Gasteiger partial charge in [0.1, 0.15) is 5.82 Å². The molecule has 0 atom stereocenters. The van der Waals surface area contributed by atoms with E-state index in [-0.39, 0.29) is 6.03 Å². The Bertz CT molecular complexity index is 314. The van der Waals surface area contributed by atoms with Crippen LogP contribution in [0.15, 0.2) is 22.8 Å². The molecule has 2 amide bonds. The van der Waals surface area contributed by atoms with Crippen molar-refractivity contribution in [1.82, 2.24) is 9.88 Å². The van der Waals surface area contributed by atoms with Crippen LogP contribution in [0.4, 0.5) is 10.6 Å². The van der Waals surface area contributed by atoms with Gasteiger partial charge < -0.3 is 4.90 Å². The Hall–Kier alpha value is -1.10. The summed E-state index contributed by atoms with van der Waals surface area (Å²) in [6.07, 6.45) is 1.62. The van der Waals surface area contributed by atoms with E-state index in [9.17, 15) is 4.79 Å². The van der Waals surface area contributed by atoms with E-state index in [2.05, 4.69) is 26.2 Å². The van der Waals surface area contributed by atoms with Gasteiger partial charge in [-0.15, -0.1) is 0 Å². The first-order valence-corrected chi connectivity index (χ1v) is 4.49. The Kier molecular flexibility index (Phi) is 3.25. The van der Waals surface area contributed by atoms with Gasteiger partial charge in [0.25, 0.3) is 0 Å². The van der Waals surface area contributed by atoms with Crippen molar-refractivity contribution in [2.45, 2.75) is 0 Å². The van der Waals surface area contributed by atoms with Crippen molar-refractivity contribution in [1.29, 1.82) is 0 Å². The lowest BCUT2D eigenvalue weighted by Crippen LogP contribution is -2.27. The van der Waals surface area contributed by atoms with E-state index >= 15 is 0 Å². The van der Waals surface area contributed by atoms with Crippen molar-refractivity contribution in [3.63, 3.8) is 0 Å². The van der Waals surface area contributed by atoms with E-state index in [1.54, 1.807) is 26.4 Å². The molecule has 4 nitrogen and oxygen atoms in total. The zero-order valence-electron chi connectivity index (χ0n) is 7.41. The van der Waals surface area contributed by atoms with E-state index in [0.29, 0.717) is 5.82 Å². The summed E-state index contributed by atoms with van der Waals surface area (Å²) < 4.78 is 0.769. The lowest BCUT2D eigenvalue weighted by Gasteiger charge is -2.11. The van der Waals surface area contributed by atoms with Crippen LogP contribution in [0.2, 0.25) is 0 Å². The van der Waals surface area contributed by atoms with Gasteiger partial charge >= 0.3 is 6.03 Å². The molecule has 5 heteroatoms. The fourth-order valence-corrected chi connectivity index (χ4v) is 1.04. The van der Waals surface area contributed by atoms with Crippen LogP contribution >= 0.6 is 15.9 Å². The fourth-order valence-electron chi connectivity index (χ4n) is 0.691. The van der Waals surface area contributed by atoms with Crippen LogP contribution in [0.1, 0.15) is 0 Å². The number of urea groups is 1. The molecule has 1 aromatic heterocycles. The van der Waals surface area contributed by atoms with Crippen LogP contribution in [-0.2, 0) is 0 Å². The van der Waals surface area contributed by atoms with E-state index in [1.807, 2.05) is 6.07 Å². The number of carbonyl (C=O) groups is 1. The van der Waals surface area contributed by atoms with Gasteiger partial charge in [-0.3, -0.25) is 5.32 Å². The largest absolute Gasteiger partial charge is 0.331 e. The number of nitrogens with one attached hydrogen (secondary N) is 1. The summed E-state index contributed by atoms with van der Waals surface area (Å²) >= 11 is 3.28. The second-order valence-corrected chi connectivity index (χ2v) is 3.51. The first kappa shape index (κ1) is 9.98. The number of carbonyl (C=O) groups excluding carboxylic acids is 1. The van der Waals surface area contributed by atoms with Crippen molar-refractivity contribution in [3.8, 4) is 0 Å². The van der Waals surface area contributed by atoms with E-state index in [4.69, 9.17) is 0 Å². The highest BCUT2D eigenvalue weighted by Gasteiger charge is 2.06. The van der Waals surface area contributed by atoms with Crippen LogP contribution in [0.25, 0.3) is 0 Å². The Morgan fingerprint density at radius 3 is 2.85 bits per heavy atom. The van der Waals surface area contributed by atoms with Crippen molar-refractivity contribution in [3.05, 3.63) is 22.8 Å². The minimum atomic E-state index is -0.195. The van der Waals surface area contributed by atoms with Crippen LogP contribution in [0.5, 0.6) is 0 Å². The molecule has 1 heterocycles. The van der Waals surface area contributed by atoms with Gasteiger partial charge in [-0.2, -0.15) is 0 Å². The molecule has 1 rings (SSSR count). The first-order valence-electron chi connectivity index (χ1n) is 3.70. The summed E-state index contributed by atoms with van der Waals surface area (Å²) in [4.78, 5) is 16.7. The molecule has 0 radical (unpaired) electrons. The SMILES string of the molecule is CN(C)C(=O)Nc1ncccc1Br. The second-order valence-electron chi connectivity index (χ2n) is 2.66. The predicted molar refractivity (Wildman–Crippen MR) is 54.6 cm³/mol. The number of anilines is 1. The topological polar surface area (TPSA) is 45.2 Å². The van der Waals surface area contributed by atoms with E-state index < -0.39 is 0 Å². The van der Waals surface area contributed by atoms with Gasteiger partial charge in [0.05, 0.1) is 4.47 Å². The fraction of sp³-hybridized carbons (Fsp3) is 0.250. The summed E-state index contributed by atoms with van der Waals surface area (Å²) in [6, 6.07) is 3.41. The standard InChI is InChI=1S/C8H10BrN3O/c1-12(2)8(13)11-7-6(9)4-3-5-10-7/h3-5H,1-2H3,(H,10,11,13). The molecular formula is C8H10BrN3O. The average molecular weight is 244 g/mol. The number of rotatable bonds is 1. The number of nitrogens with zero attached hydrogens (tertiary/aromatic N) is 2. The van der Waals surface area contributed by atoms with Gasteiger partial charge in [-0.05, 0) is 28.1 Å². The summed E-state index contributed by atoms with van der Waals surface area (Å²) in [5.41, 5.74) is 0. The second kappa shape index (κ2) is 4.23. The average Bonchev–Trinajstić information content (AvgIpc) is 2.08. The highest BCUT2D eigenvalue weighted by Crippen LogP contribution is 2.18. The molecule has 0 unspecified atom stereocenters. The number of pyridine rings is 1. The van der Waals surface area contributed by atoms with Crippen molar-refractivity contribution >= 4 is 27.8 Å². The Morgan fingerprint density at radius 2 is 2.31 bits per heavy atom. The molecule has 0 aliphatic carbocycles. The lowest BCUT2D eigenvalue weighted by molar-refractivity contribution is 0.230. The van der Waals surface area contributed by atoms with Crippen LogP contribution in [-0.4, -0.2) is 30.0 Å². The maximum Gasteiger partial charge on any atom is 0.322 e. The molecule has 13 heavy (non-hydrogen) atoms. The molecule has 0 bridgehead atoms. The van der Waals surface area contributed by atoms with Gasteiger partial charge in [0.15, 0.2) is 0 Å². The van der Waals surface area contributed by atoms with Gasteiger partial charge in [-0.25, -0.2) is 9.78 Å². The maximum atomic E-state index is 11.2. The third-order valence-electron chi connectivity index (χ3n) is 1.39. The minimum absolute atomic E-state index is 0.195. The number of halogens is 1. The van der Waals surface area contributed by atoms with Gasteiger partial charge in [0.2, 0.25) is 0 Å². The number of amides is 2. The minimum Gasteiger partial charge on any atom is -0.331 e. The molecule has 0 aliphatic heterocycles. The predicted octanol–water partition coefficient (Wildman–Crippen LogP) is 1.94. The Labute approximate surface area is 85.1 Å².